The predicted molar refractivity (Wildman–Crippen MR) is 89.9 cm³/mol. The number of halogens is 2. The van der Waals surface area contributed by atoms with Gasteiger partial charge in [-0.25, -0.2) is 4.39 Å². The van der Waals surface area contributed by atoms with Crippen LogP contribution in [0.3, 0.4) is 0 Å². The molecule has 2 rings (SSSR count). The summed E-state index contributed by atoms with van der Waals surface area (Å²) in [5.41, 5.74) is 1.23. The first kappa shape index (κ1) is 17.9. The second-order valence-corrected chi connectivity index (χ2v) is 5.11. The summed E-state index contributed by atoms with van der Waals surface area (Å²) in [5, 5.41) is 4.25. The van der Waals surface area contributed by atoms with Crippen LogP contribution in [-0.4, -0.2) is 27.5 Å². The largest absolute Gasteiger partial charge is 0.496 e. The Bertz CT molecular complexity index is 737. The van der Waals surface area contributed by atoms with Gasteiger partial charge in [0.2, 0.25) is 0 Å². The van der Waals surface area contributed by atoms with E-state index >= 15 is 0 Å². The predicted octanol–water partition coefficient (Wildman–Crippen LogP) is 4.06. The first-order valence-corrected chi connectivity index (χ1v) is 7.36. The van der Waals surface area contributed by atoms with E-state index in [0.29, 0.717) is 33.4 Å². The fraction of sp³-hybridized carbons (Fsp3) is 0.235. The van der Waals surface area contributed by atoms with Gasteiger partial charge in [-0.05, 0) is 30.3 Å². The molecule has 0 aromatic heterocycles. The van der Waals surface area contributed by atoms with Crippen LogP contribution in [0, 0.1) is 5.82 Å². The second-order valence-electron chi connectivity index (χ2n) is 4.70. The molecule has 0 unspecified atom stereocenters. The maximum absolute atomic E-state index is 13.3. The normalized spacial score (nSPS) is 10.7. The van der Waals surface area contributed by atoms with E-state index in [9.17, 15) is 4.39 Å². The lowest BCUT2D eigenvalue weighted by Gasteiger charge is -2.10. The molecule has 5 nitrogen and oxygen atoms in total. The molecule has 7 heteroatoms. The molecule has 0 aliphatic heterocycles. The van der Waals surface area contributed by atoms with Crippen molar-refractivity contribution in [3.63, 3.8) is 0 Å². The summed E-state index contributed by atoms with van der Waals surface area (Å²) in [4.78, 5) is 5.20. The minimum absolute atomic E-state index is 0.0679. The maximum Gasteiger partial charge on any atom is 0.179 e. The Kier molecular flexibility index (Phi) is 6.26. The van der Waals surface area contributed by atoms with Gasteiger partial charge in [0.05, 0.1) is 32.6 Å². The van der Waals surface area contributed by atoms with Crippen molar-refractivity contribution in [2.24, 2.45) is 5.16 Å². The molecule has 0 aliphatic carbocycles. The highest BCUT2D eigenvalue weighted by Crippen LogP contribution is 2.35. The molecule has 0 atom stereocenters. The molecule has 0 bridgehead atoms. The Labute approximate surface area is 144 Å². The summed E-state index contributed by atoms with van der Waals surface area (Å²) in [6, 6.07) is 7.56. The third kappa shape index (κ3) is 4.29. The van der Waals surface area contributed by atoms with Gasteiger partial charge in [-0.15, -0.1) is 0 Å². The second kappa shape index (κ2) is 8.40. The highest BCUT2D eigenvalue weighted by atomic mass is 35.5. The van der Waals surface area contributed by atoms with E-state index in [1.807, 2.05) is 0 Å². The fourth-order valence-electron chi connectivity index (χ4n) is 2.08. The maximum atomic E-state index is 13.3. The van der Waals surface area contributed by atoms with Gasteiger partial charge in [-0.3, -0.25) is 0 Å². The number of hydrogen-bond donors (Lipinski definition) is 0. The molecule has 0 saturated heterocycles. The summed E-state index contributed by atoms with van der Waals surface area (Å²) in [7, 11) is 4.53. The molecule has 0 radical (unpaired) electrons. The van der Waals surface area contributed by atoms with Crippen molar-refractivity contribution in [1.82, 2.24) is 0 Å². The number of hydrogen-bond acceptors (Lipinski definition) is 5. The Morgan fingerprint density at radius 1 is 1.04 bits per heavy atom. The van der Waals surface area contributed by atoms with Gasteiger partial charge in [0.15, 0.2) is 11.5 Å². The number of nitrogens with zero attached hydrogens (tertiary/aromatic N) is 1. The van der Waals surface area contributed by atoms with E-state index in [0.717, 1.165) is 0 Å². The van der Waals surface area contributed by atoms with Gasteiger partial charge >= 0.3 is 0 Å². The molecule has 128 valence electrons. The zero-order valence-corrected chi connectivity index (χ0v) is 14.3. The molecule has 24 heavy (non-hydrogen) atoms. The highest BCUT2D eigenvalue weighted by molar-refractivity contribution is 6.32. The summed E-state index contributed by atoms with van der Waals surface area (Å²) < 4.78 is 28.8. The molecule has 0 N–H and O–H groups in total. The molecule has 0 saturated carbocycles. The number of rotatable bonds is 7. The Morgan fingerprint density at radius 2 is 1.79 bits per heavy atom. The van der Waals surface area contributed by atoms with Gasteiger partial charge in [-0.1, -0.05) is 16.8 Å². The van der Waals surface area contributed by atoms with Gasteiger partial charge in [-0.2, -0.15) is 0 Å². The van der Waals surface area contributed by atoms with Gasteiger partial charge in [0, 0.05) is 11.1 Å². The molecule has 0 amide bonds. The third-order valence-electron chi connectivity index (χ3n) is 3.19. The van der Waals surface area contributed by atoms with E-state index < -0.39 is 0 Å². The third-order valence-corrected chi connectivity index (χ3v) is 3.48. The summed E-state index contributed by atoms with van der Waals surface area (Å²) in [6.07, 6.45) is 1.47. The van der Waals surface area contributed by atoms with Crippen LogP contribution in [0.1, 0.15) is 11.1 Å². The molecular weight excluding hydrogens is 337 g/mol. The van der Waals surface area contributed by atoms with Crippen LogP contribution in [0.25, 0.3) is 0 Å². The van der Waals surface area contributed by atoms with E-state index in [1.54, 1.807) is 12.1 Å². The molecule has 2 aromatic carbocycles. The van der Waals surface area contributed by atoms with Crippen molar-refractivity contribution in [2.45, 2.75) is 6.61 Å². The van der Waals surface area contributed by atoms with Crippen molar-refractivity contribution in [3.05, 3.63) is 52.3 Å². The van der Waals surface area contributed by atoms with E-state index in [4.69, 9.17) is 30.6 Å². The van der Waals surface area contributed by atoms with Crippen LogP contribution in [0.4, 0.5) is 4.39 Å². The van der Waals surface area contributed by atoms with Crippen LogP contribution in [0.15, 0.2) is 35.5 Å². The summed E-state index contributed by atoms with van der Waals surface area (Å²) >= 11 is 6.11. The molecule has 0 fully saturated rings. The zero-order valence-electron chi connectivity index (χ0n) is 13.5. The topological polar surface area (TPSA) is 49.3 Å². The lowest BCUT2D eigenvalue weighted by molar-refractivity contribution is 0.129. The van der Waals surface area contributed by atoms with Gasteiger partial charge in [0.1, 0.15) is 18.2 Å². The van der Waals surface area contributed by atoms with Crippen molar-refractivity contribution >= 4 is 17.8 Å². The molecular formula is C17H17ClFNO4. The quantitative estimate of drug-likeness (QED) is 0.556. The van der Waals surface area contributed by atoms with Crippen LogP contribution in [0.5, 0.6) is 17.2 Å². The molecule has 0 spiro atoms. The molecule has 0 aliphatic rings. The van der Waals surface area contributed by atoms with Crippen LogP contribution < -0.4 is 14.2 Å². The average molecular weight is 354 g/mol. The van der Waals surface area contributed by atoms with Gasteiger partial charge in [0.25, 0.3) is 0 Å². The Balaban J connectivity index is 2.07. The highest BCUT2D eigenvalue weighted by Gasteiger charge is 2.10. The van der Waals surface area contributed by atoms with Crippen molar-refractivity contribution < 1.29 is 23.4 Å². The lowest BCUT2D eigenvalue weighted by Crippen LogP contribution is -1.96. The number of oxime groups is 1. The standard InChI is InChI=1S/C17H17ClFNO4/c1-21-15-5-4-13(19)8-12(15)10-24-20-9-11-6-14(18)17(23-3)16(7-11)22-2/h4-9H,10H2,1-3H3/b20-9+. The smallest absolute Gasteiger partial charge is 0.179 e. The lowest BCUT2D eigenvalue weighted by atomic mass is 10.2. The molecule has 0 heterocycles. The van der Waals surface area contributed by atoms with Crippen molar-refractivity contribution in [1.29, 1.82) is 0 Å². The van der Waals surface area contributed by atoms with E-state index in [2.05, 4.69) is 5.16 Å². The monoisotopic (exact) mass is 353 g/mol. The van der Waals surface area contributed by atoms with Crippen molar-refractivity contribution in [2.75, 3.05) is 21.3 Å². The van der Waals surface area contributed by atoms with Crippen LogP contribution in [0.2, 0.25) is 5.02 Å². The first-order chi connectivity index (χ1) is 11.6. The summed E-state index contributed by atoms with van der Waals surface area (Å²) in [5.74, 6) is 1.09. The first-order valence-electron chi connectivity index (χ1n) is 6.98. The van der Waals surface area contributed by atoms with E-state index in [1.165, 1.54) is 45.7 Å². The van der Waals surface area contributed by atoms with Crippen LogP contribution in [-0.2, 0) is 11.4 Å². The Hall–Kier alpha value is -2.47. The zero-order chi connectivity index (χ0) is 17.5. The number of benzene rings is 2. The molecule has 2 aromatic rings. The number of methoxy groups -OCH3 is 3. The fourth-order valence-corrected chi connectivity index (χ4v) is 2.37. The average Bonchev–Trinajstić information content (AvgIpc) is 2.58. The van der Waals surface area contributed by atoms with Gasteiger partial charge < -0.3 is 19.0 Å². The summed E-state index contributed by atoms with van der Waals surface area (Å²) in [6.45, 7) is 0.0679. The SMILES string of the molecule is COc1ccc(F)cc1CO/N=C/c1cc(Cl)c(OC)c(OC)c1. The minimum atomic E-state index is -0.370. The van der Waals surface area contributed by atoms with Crippen molar-refractivity contribution in [3.8, 4) is 17.2 Å². The minimum Gasteiger partial charge on any atom is -0.496 e. The Morgan fingerprint density at radius 3 is 2.46 bits per heavy atom. The number of ether oxygens (including phenoxy) is 3. The van der Waals surface area contributed by atoms with Crippen LogP contribution >= 0.6 is 11.6 Å². The van der Waals surface area contributed by atoms with E-state index in [-0.39, 0.29) is 12.4 Å².